The minimum atomic E-state index is -0.231. The number of aryl methyl sites for hydroxylation is 1. The lowest BCUT2D eigenvalue weighted by atomic mass is 10.1. The number of hydrogen-bond donors (Lipinski definition) is 1. The number of rotatable bonds is 6. The van der Waals surface area contributed by atoms with E-state index in [-0.39, 0.29) is 11.9 Å². The van der Waals surface area contributed by atoms with E-state index in [1.165, 1.54) is 0 Å². The Labute approximate surface area is 156 Å². The first-order valence-corrected chi connectivity index (χ1v) is 8.68. The molecule has 0 aliphatic heterocycles. The molecule has 26 heavy (non-hydrogen) atoms. The Morgan fingerprint density at radius 3 is 2.77 bits per heavy atom. The predicted octanol–water partition coefficient (Wildman–Crippen LogP) is 3.38. The van der Waals surface area contributed by atoms with Crippen LogP contribution in [0.4, 0.5) is 0 Å². The van der Waals surface area contributed by atoms with E-state index in [2.05, 4.69) is 20.4 Å². The van der Waals surface area contributed by atoms with Gasteiger partial charge in [0.1, 0.15) is 5.69 Å². The molecule has 6 nitrogen and oxygen atoms in total. The number of halogens is 1. The second kappa shape index (κ2) is 8.10. The molecule has 0 fully saturated rings. The molecule has 1 unspecified atom stereocenters. The molecule has 1 aromatic carbocycles. The third-order valence-corrected chi connectivity index (χ3v) is 3.98. The minimum Gasteiger partial charge on any atom is -0.348 e. The molecule has 7 heteroatoms. The quantitative estimate of drug-likeness (QED) is 0.719. The van der Waals surface area contributed by atoms with Crippen molar-refractivity contribution in [2.75, 3.05) is 0 Å². The van der Waals surface area contributed by atoms with Crippen LogP contribution in [0.1, 0.15) is 40.4 Å². The van der Waals surface area contributed by atoms with Gasteiger partial charge in [-0.2, -0.15) is 4.98 Å². The van der Waals surface area contributed by atoms with Crippen molar-refractivity contribution in [1.82, 2.24) is 20.4 Å². The van der Waals surface area contributed by atoms with Crippen LogP contribution in [0, 0.1) is 6.92 Å². The molecule has 0 aliphatic rings. The number of aromatic nitrogens is 3. The van der Waals surface area contributed by atoms with E-state index in [9.17, 15) is 4.79 Å². The van der Waals surface area contributed by atoms with Gasteiger partial charge in [-0.1, -0.05) is 35.0 Å². The summed E-state index contributed by atoms with van der Waals surface area (Å²) in [5, 5.41) is 7.43. The highest BCUT2D eigenvalue weighted by Gasteiger charge is 2.14. The summed E-state index contributed by atoms with van der Waals surface area (Å²) in [6.45, 7) is 3.62. The molecule has 1 amide bonds. The standard InChI is InChI=1S/C19H19ClN4O2/c1-12(9-18-22-13(2)26-24-18)21-19(25)17-8-4-7-16(23-17)11-14-5-3-6-15(20)10-14/h3-8,10,12H,9,11H2,1-2H3,(H,21,25). The van der Waals surface area contributed by atoms with Gasteiger partial charge in [0, 0.05) is 36.5 Å². The first-order chi connectivity index (χ1) is 12.5. The number of carbonyl (C=O) groups excluding carboxylic acids is 1. The third-order valence-electron chi connectivity index (χ3n) is 3.75. The van der Waals surface area contributed by atoms with Gasteiger partial charge >= 0.3 is 0 Å². The maximum atomic E-state index is 12.5. The first kappa shape index (κ1) is 18.1. The van der Waals surface area contributed by atoms with Crippen LogP contribution >= 0.6 is 11.6 Å². The Morgan fingerprint density at radius 2 is 2.04 bits per heavy atom. The van der Waals surface area contributed by atoms with Gasteiger partial charge in [0.05, 0.1) is 0 Å². The lowest BCUT2D eigenvalue weighted by Crippen LogP contribution is -2.35. The molecule has 134 valence electrons. The summed E-state index contributed by atoms with van der Waals surface area (Å²) in [6, 6.07) is 12.9. The normalized spacial score (nSPS) is 12.0. The maximum absolute atomic E-state index is 12.5. The zero-order valence-electron chi connectivity index (χ0n) is 14.6. The Kier molecular flexibility index (Phi) is 5.63. The van der Waals surface area contributed by atoms with Gasteiger partial charge in [-0.05, 0) is 36.8 Å². The lowest BCUT2D eigenvalue weighted by molar-refractivity contribution is 0.0934. The number of benzene rings is 1. The second-order valence-electron chi connectivity index (χ2n) is 6.13. The average molecular weight is 371 g/mol. The van der Waals surface area contributed by atoms with Crippen molar-refractivity contribution in [2.45, 2.75) is 32.7 Å². The summed E-state index contributed by atoms with van der Waals surface area (Å²) < 4.78 is 4.94. The zero-order chi connectivity index (χ0) is 18.5. The van der Waals surface area contributed by atoms with Crippen LogP contribution in [0.15, 0.2) is 47.0 Å². The largest absolute Gasteiger partial charge is 0.348 e. The summed E-state index contributed by atoms with van der Waals surface area (Å²) in [5.41, 5.74) is 2.23. The van der Waals surface area contributed by atoms with E-state index in [1.807, 2.05) is 43.3 Å². The van der Waals surface area contributed by atoms with E-state index in [0.29, 0.717) is 35.3 Å². The molecule has 0 spiro atoms. The molecule has 1 N–H and O–H groups in total. The Balaban J connectivity index is 1.64. The predicted molar refractivity (Wildman–Crippen MR) is 98.2 cm³/mol. The monoisotopic (exact) mass is 370 g/mol. The first-order valence-electron chi connectivity index (χ1n) is 8.30. The van der Waals surface area contributed by atoms with E-state index in [4.69, 9.17) is 16.1 Å². The molecule has 0 radical (unpaired) electrons. The van der Waals surface area contributed by atoms with E-state index < -0.39 is 0 Å². The van der Waals surface area contributed by atoms with Gasteiger partial charge in [-0.25, -0.2) is 4.98 Å². The van der Waals surface area contributed by atoms with Gasteiger partial charge in [0.2, 0.25) is 5.89 Å². The van der Waals surface area contributed by atoms with Crippen molar-refractivity contribution in [1.29, 1.82) is 0 Å². The number of carbonyl (C=O) groups is 1. The van der Waals surface area contributed by atoms with Crippen LogP contribution in [0.25, 0.3) is 0 Å². The molecule has 0 saturated carbocycles. The minimum absolute atomic E-state index is 0.141. The molecule has 3 aromatic rings. The highest BCUT2D eigenvalue weighted by molar-refractivity contribution is 6.30. The molecular weight excluding hydrogens is 352 g/mol. The Morgan fingerprint density at radius 1 is 1.23 bits per heavy atom. The van der Waals surface area contributed by atoms with Crippen LogP contribution in [-0.4, -0.2) is 27.1 Å². The topological polar surface area (TPSA) is 80.9 Å². The number of hydrogen-bond acceptors (Lipinski definition) is 5. The van der Waals surface area contributed by atoms with Crippen molar-refractivity contribution in [3.8, 4) is 0 Å². The van der Waals surface area contributed by atoms with Crippen LogP contribution in [-0.2, 0) is 12.8 Å². The van der Waals surface area contributed by atoms with E-state index in [1.54, 1.807) is 13.0 Å². The maximum Gasteiger partial charge on any atom is 0.270 e. The van der Waals surface area contributed by atoms with Gasteiger partial charge < -0.3 is 9.84 Å². The summed E-state index contributed by atoms with van der Waals surface area (Å²) >= 11 is 6.02. The van der Waals surface area contributed by atoms with Crippen molar-refractivity contribution < 1.29 is 9.32 Å². The SMILES string of the molecule is Cc1nc(CC(C)NC(=O)c2cccc(Cc3cccc(Cl)c3)n2)no1. The highest BCUT2D eigenvalue weighted by Crippen LogP contribution is 2.14. The van der Waals surface area contributed by atoms with Crippen molar-refractivity contribution in [3.05, 3.63) is 76.2 Å². The highest BCUT2D eigenvalue weighted by atomic mass is 35.5. The number of nitrogens with zero attached hydrogens (tertiary/aromatic N) is 3. The van der Waals surface area contributed by atoms with Crippen LogP contribution in [0.2, 0.25) is 5.02 Å². The van der Waals surface area contributed by atoms with Crippen molar-refractivity contribution in [3.63, 3.8) is 0 Å². The summed E-state index contributed by atoms with van der Waals surface area (Å²) in [7, 11) is 0. The second-order valence-corrected chi connectivity index (χ2v) is 6.57. The fourth-order valence-electron chi connectivity index (χ4n) is 2.61. The number of nitrogens with one attached hydrogen (secondary N) is 1. The summed E-state index contributed by atoms with van der Waals surface area (Å²) in [5.74, 6) is 0.845. The van der Waals surface area contributed by atoms with Gasteiger partial charge in [0.25, 0.3) is 5.91 Å². The smallest absolute Gasteiger partial charge is 0.270 e. The molecule has 2 heterocycles. The van der Waals surface area contributed by atoms with Gasteiger partial charge in [0.15, 0.2) is 5.82 Å². The zero-order valence-corrected chi connectivity index (χ0v) is 15.3. The molecule has 3 rings (SSSR count). The van der Waals surface area contributed by atoms with Crippen molar-refractivity contribution in [2.24, 2.45) is 0 Å². The van der Waals surface area contributed by atoms with Crippen LogP contribution < -0.4 is 5.32 Å². The fourth-order valence-corrected chi connectivity index (χ4v) is 2.82. The number of pyridine rings is 1. The van der Waals surface area contributed by atoms with Crippen LogP contribution in [0.5, 0.6) is 0 Å². The average Bonchev–Trinajstić information content (AvgIpc) is 2.99. The fraction of sp³-hybridized carbons (Fsp3) is 0.263. The Hall–Kier alpha value is -2.73. The van der Waals surface area contributed by atoms with Crippen LogP contribution in [0.3, 0.4) is 0 Å². The molecule has 0 bridgehead atoms. The summed E-state index contributed by atoms with van der Waals surface area (Å²) in [6.07, 6.45) is 1.10. The third kappa shape index (κ3) is 4.89. The summed E-state index contributed by atoms with van der Waals surface area (Å²) in [4.78, 5) is 21.1. The van der Waals surface area contributed by atoms with E-state index in [0.717, 1.165) is 11.3 Å². The molecule has 0 aliphatic carbocycles. The molecule has 2 aromatic heterocycles. The van der Waals surface area contributed by atoms with Gasteiger partial charge in [-0.3, -0.25) is 4.79 Å². The number of amides is 1. The van der Waals surface area contributed by atoms with Gasteiger partial charge in [-0.15, -0.1) is 0 Å². The Bertz CT molecular complexity index is 910. The molecule has 0 saturated heterocycles. The van der Waals surface area contributed by atoms with Crippen molar-refractivity contribution >= 4 is 17.5 Å². The lowest BCUT2D eigenvalue weighted by Gasteiger charge is -2.12. The molecular formula is C19H19ClN4O2. The molecule has 1 atom stereocenters. The van der Waals surface area contributed by atoms with E-state index >= 15 is 0 Å².